The third kappa shape index (κ3) is 3.33. The van der Waals surface area contributed by atoms with Crippen molar-refractivity contribution in [1.29, 1.82) is 0 Å². The number of anilines is 1. The molecule has 3 aromatic rings. The number of nitrogens with zero attached hydrogens (tertiary/aromatic N) is 2. The molecule has 122 valence electrons. The van der Waals surface area contributed by atoms with E-state index in [0.717, 1.165) is 0 Å². The van der Waals surface area contributed by atoms with Crippen molar-refractivity contribution in [2.24, 2.45) is 10.2 Å². The number of hydrogen-bond donors (Lipinski definition) is 3. The van der Waals surface area contributed by atoms with Crippen LogP contribution in [-0.4, -0.2) is 22.3 Å². The van der Waals surface area contributed by atoms with E-state index >= 15 is 0 Å². The lowest BCUT2D eigenvalue weighted by Crippen LogP contribution is -2.04. The Morgan fingerprint density at radius 3 is 2.92 bits per heavy atom. The van der Waals surface area contributed by atoms with Gasteiger partial charge >= 0.3 is 0 Å². The second kappa shape index (κ2) is 6.63. The van der Waals surface area contributed by atoms with Gasteiger partial charge in [-0.25, -0.2) is 4.39 Å². The molecule has 8 heteroatoms. The molecule has 0 aliphatic heterocycles. The van der Waals surface area contributed by atoms with Crippen LogP contribution in [0.3, 0.4) is 0 Å². The van der Waals surface area contributed by atoms with Crippen LogP contribution in [-0.2, 0) is 0 Å². The van der Waals surface area contributed by atoms with Gasteiger partial charge in [0.2, 0.25) is 11.0 Å². The number of fused-ring (bicyclic) bond motifs is 1. The lowest BCUT2D eigenvalue weighted by Gasteiger charge is -2.05. The third-order valence-electron chi connectivity index (χ3n) is 3.28. The first-order valence-corrected chi connectivity index (χ1v) is 7.34. The van der Waals surface area contributed by atoms with Crippen molar-refractivity contribution >= 4 is 39.6 Å². The number of ether oxygens (including phenoxy) is 1. The number of aromatic hydroxyl groups is 1. The summed E-state index contributed by atoms with van der Waals surface area (Å²) in [6.07, 6.45) is 0. The van der Waals surface area contributed by atoms with Crippen LogP contribution in [0.15, 0.2) is 52.7 Å². The van der Waals surface area contributed by atoms with Gasteiger partial charge < -0.3 is 20.1 Å². The average molecular weight is 344 g/mol. The first-order valence-electron chi connectivity index (χ1n) is 6.94. The number of H-pyrrole nitrogens is 1. The summed E-state index contributed by atoms with van der Waals surface area (Å²) in [5, 5.41) is 21.1. The van der Waals surface area contributed by atoms with E-state index in [0.29, 0.717) is 22.3 Å². The van der Waals surface area contributed by atoms with Gasteiger partial charge in [-0.05, 0) is 42.5 Å². The summed E-state index contributed by atoms with van der Waals surface area (Å²) in [7, 11) is 1.57. The van der Waals surface area contributed by atoms with E-state index in [9.17, 15) is 9.50 Å². The highest BCUT2D eigenvalue weighted by Gasteiger charge is 2.11. The Balaban J connectivity index is 1.81. The summed E-state index contributed by atoms with van der Waals surface area (Å²) in [6.45, 7) is 0. The number of aromatic nitrogens is 1. The van der Waals surface area contributed by atoms with Crippen molar-refractivity contribution < 1.29 is 14.2 Å². The van der Waals surface area contributed by atoms with Gasteiger partial charge in [0.15, 0.2) is 5.69 Å². The average Bonchev–Trinajstić information content (AvgIpc) is 2.88. The van der Waals surface area contributed by atoms with Crippen LogP contribution in [0.25, 0.3) is 10.9 Å². The fourth-order valence-electron chi connectivity index (χ4n) is 2.18. The molecule has 0 aliphatic rings. The Hall–Kier alpha value is -3.00. The molecule has 0 radical (unpaired) electrons. The second-order valence-corrected chi connectivity index (χ2v) is 5.26. The molecule has 0 bridgehead atoms. The van der Waals surface area contributed by atoms with Crippen LogP contribution in [0.2, 0.25) is 0 Å². The van der Waals surface area contributed by atoms with Gasteiger partial charge in [0.05, 0.1) is 12.6 Å². The van der Waals surface area contributed by atoms with Gasteiger partial charge in [-0.2, -0.15) is 0 Å². The monoisotopic (exact) mass is 344 g/mol. The Bertz CT molecular complexity index is 939. The Labute approximate surface area is 142 Å². The Morgan fingerprint density at radius 2 is 2.12 bits per heavy atom. The minimum Gasteiger partial charge on any atom is -0.497 e. The number of benzene rings is 2. The van der Waals surface area contributed by atoms with E-state index in [1.807, 2.05) is 0 Å². The number of hydrogen-bond acceptors (Lipinski definition) is 4. The van der Waals surface area contributed by atoms with E-state index in [1.165, 1.54) is 18.2 Å². The van der Waals surface area contributed by atoms with Crippen LogP contribution < -0.4 is 10.1 Å². The number of azo groups is 1. The SMILES string of the molecule is COc1cccc(NC(=S)N=Nc2c(O)[nH]c3ccc(F)cc23)c1. The summed E-state index contributed by atoms with van der Waals surface area (Å²) in [6, 6.07) is 11.2. The number of nitrogens with one attached hydrogen (secondary N) is 2. The smallest absolute Gasteiger partial charge is 0.218 e. The molecule has 0 spiro atoms. The highest BCUT2D eigenvalue weighted by molar-refractivity contribution is 7.80. The van der Waals surface area contributed by atoms with Gasteiger partial charge in [-0.3, -0.25) is 0 Å². The molecule has 0 atom stereocenters. The standard InChI is InChI=1S/C16H13FN4O2S/c1-23-11-4-2-3-10(8-11)18-16(24)21-20-14-12-7-9(17)5-6-13(12)19-15(14)22/h2-8,19,22H,1H3,(H,18,24). The van der Waals surface area contributed by atoms with E-state index in [2.05, 4.69) is 20.5 Å². The van der Waals surface area contributed by atoms with E-state index in [1.54, 1.807) is 31.4 Å². The predicted octanol–water partition coefficient (Wildman–Crippen LogP) is 4.50. The fourth-order valence-corrected chi connectivity index (χ4v) is 2.34. The number of thiocarbonyl (C=S) groups is 1. The summed E-state index contributed by atoms with van der Waals surface area (Å²) in [5.41, 5.74) is 1.36. The predicted molar refractivity (Wildman–Crippen MR) is 93.7 cm³/mol. The van der Waals surface area contributed by atoms with Crippen molar-refractivity contribution in [2.75, 3.05) is 12.4 Å². The molecule has 24 heavy (non-hydrogen) atoms. The van der Waals surface area contributed by atoms with Crippen molar-refractivity contribution in [2.45, 2.75) is 0 Å². The fraction of sp³-hybridized carbons (Fsp3) is 0.0625. The zero-order valence-corrected chi connectivity index (χ0v) is 13.4. The zero-order valence-electron chi connectivity index (χ0n) is 12.6. The topological polar surface area (TPSA) is 82.0 Å². The molecule has 3 N–H and O–H groups in total. The molecule has 0 saturated heterocycles. The van der Waals surface area contributed by atoms with E-state index in [-0.39, 0.29) is 16.7 Å². The number of methoxy groups -OCH3 is 1. The number of halogens is 1. The van der Waals surface area contributed by atoms with Gasteiger partial charge in [0, 0.05) is 17.1 Å². The molecule has 0 fully saturated rings. The van der Waals surface area contributed by atoms with E-state index in [4.69, 9.17) is 17.0 Å². The highest BCUT2D eigenvalue weighted by atomic mass is 32.1. The molecular formula is C16H13FN4O2S. The Morgan fingerprint density at radius 1 is 1.29 bits per heavy atom. The molecule has 0 unspecified atom stereocenters. The maximum atomic E-state index is 13.4. The van der Waals surface area contributed by atoms with Crippen molar-refractivity contribution in [3.05, 3.63) is 48.3 Å². The van der Waals surface area contributed by atoms with Gasteiger partial charge in [-0.15, -0.1) is 10.2 Å². The lowest BCUT2D eigenvalue weighted by molar-refractivity contribution is 0.415. The van der Waals surface area contributed by atoms with Crippen LogP contribution >= 0.6 is 12.2 Å². The largest absolute Gasteiger partial charge is 0.497 e. The first-order chi connectivity index (χ1) is 11.6. The second-order valence-electron chi connectivity index (χ2n) is 4.87. The first kappa shape index (κ1) is 15.9. The third-order valence-corrected chi connectivity index (χ3v) is 3.46. The molecule has 2 aromatic carbocycles. The summed E-state index contributed by atoms with van der Waals surface area (Å²) in [4.78, 5) is 2.70. The number of aromatic amines is 1. The van der Waals surface area contributed by atoms with Crippen LogP contribution in [0.5, 0.6) is 11.6 Å². The summed E-state index contributed by atoms with van der Waals surface area (Å²) >= 11 is 5.10. The van der Waals surface area contributed by atoms with Crippen LogP contribution in [0.4, 0.5) is 15.8 Å². The summed E-state index contributed by atoms with van der Waals surface area (Å²) in [5.74, 6) is 0.0306. The molecule has 0 amide bonds. The Kier molecular flexibility index (Phi) is 4.39. The van der Waals surface area contributed by atoms with Crippen molar-refractivity contribution in [3.8, 4) is 11.6 Å². The lowest BCUT2D eigenvalue weighted by atomic mass is 10.2. The molecule has 0 saturated carbocycles. The quantitative estimate of drug-likeness (QED) is 0.482. The maximum Gasteiger partial charge on any atom is 0.218 e. The highest BCUT2D eigenvalue weighted by Crippen LogP contribution is 2.35. The molecule has 3 rings (SSSR count). The van der Waals surface area contributed by atoms with Crippen molar-refractivity contribution in [3.63, 3.8) is 0 Å². The normalized spacial score (nSPS) is 11.1. The maximum absolute atomic E-state index is 13.4. The van der Waals surface area contributed by atoms with Gasteiger partial charge in [0.25, 0.3) is 0 Å². The minimum absolute atomic E-state index is 0.0911. The van der Waals surface area contributed by atoms with Gasteiger partial charge in [-0.1, -0.05) is 6.07 Å². The van der Waals surface area contributed by atoms with Crippen LogP contribution in [0, 0.1) is 5.82 Å². The van der Waals surface area contributed by atoms with Crippen molar-refractivity contribution in [1.82, 2.24) is 4.98 Å². The number of rotatable bonds is 3. The molecular weight excluding hydrogens is 331 g/mol. The molecule has 1 aromatic heterocycles. The van der Waals surface area contributed by atoms with Gasteiger partial charge in [0.1, 0.15) is 11.6 Å². The van der Waals surface area contributed by atoms with E-state index < -0.39 is 5.82 Å². The molecule has 0 aliphatic carbocycles. The molecule has 1 heterocycles. The van der Waals surface area contributed by atoms with Crippen LogP contribution in [0.1, 0.15) is 0 Å². The zero-order chi connectivity index (χ0) is 17.1. The minimum atomic E-state index is -0.435. The molecule has 6 nitrogen and oxygen atoms in total. The summed E-state index contributed by atoms with van der Waals surface area (Å²) < 4.78 is 18.5.